The maximum Gasteiger partial charge on any atom is 0.140 e. The molecular formula is C14H17F2NO. The van der Waals surface area contributed by atoms with Crippen molar-refractivity contribution in [3.05, 3.63) is 35.6 Å². The molecule has 4 heteroatoms. The third-order valence-corrected chi connectivity index (χ3v) is 2.72. The van der Waals surface area contributed by atoms with Crippen LogP contribution in [0.4, 0.5) is 8.78 Å². The largest absolute Gasteiger partial charge is 0.464 e. The van der Waals surface area contributed by atoms with E-state index in [4.69, 9.17) is 4.42 Å². The fourth-order valence-electron chi connectivity index (χ4n) is 1.90. The summed E-state index contributed by atoms with van der Waals surface area (Å²) in [5.74, 6) is -1.18. The van der Waals surface area contributed by atoms with Crippen molar-refractivity contribution < 1.29 is 13.2 Å². The number of furan rings is 1. The molecule has 18 heavy (non-hydrogen) atoms. The van der Waals surface area contributed by atoms with Gasteiger partial charge in [-0.1, -0.05) is 0 Å². The van der Waals surface area contributed by atoms with Crippen molar-refractivity contribution in [1.29, 1.82) is 0 Å². The Morgan fingerprint density at radius 3 is 2.61 bits per heavy atom. The van der Waals surface area contributed by atoms with E-state index in [1.165, 1.54) is 12.3 Å². The van der Waals surface area contributed by atoms with Gasteiger partial charge in [-0.2, -0.15) is 0 Å². The van der Waals surface area contributed by atoms with Crippen molar-refractivity contribution >= 4 is 11.0 Å². The number of hydrogen-bond donors (Lipinski definition) is 1. The summed E-state index contributed by atoms with van der Waals surface area (Å²) in [6.07, 6.45) is 2.14. The van der Waals surface area contributed by atoms with Crippen LogP contribution in [0.15, 0.2) is 22.8 Å². The van der Waals surface area contributed by atoms with Crippen molar-refractivity contribution in [3.63, 3.8) is 0 Å². The minimum atomic E-state index is -0.617. The predicted octanol–water partition coefficient (Wildman–Crippen LogP) is 3.64. The molecule has 0 bridgehead atoms. The molecule has 0 unspecified atom stereocenters. The second kappa shape index (κ2) is 4.69. The molecule has 1 aromatic carbocycles. The van der Waals surface area contributed by atoms with Crippen LogP contribution in [-0.2, 0) is 6.42 Å². The van der Waals surface area contributed by atoms with Gasteiger partial charge in [-0.3, -0.25) is 0 Å². The van der Waals surface area contributed by atoms with Gasteiger partial charge in [0.2, 0.25) is 0 Å². The van der Waals surface area contributed by atoms with Crippen molar-refractivity contribution in [2.24, 2.45) is 0 Å². The first-order valence-electron chi connectivity index (χ1n) is 5.97. The Hall–Kier alpha value is -1.42. The second-order valence-electron chi connectivity index (χ2n) is 5.45. The Bertz CT molecular complexity index is 555. The lowest BCUT2D eigenvalue weighted by atomic mass is 10.1. The molecule has 0 saturated heterocycles. The number of benzene rings is 1. The summed E-state index contributed by atoms with van der Waals surface area (Å²) in [6.45, 7) is 6.91. The molecule has 1 N–H and O–H groups in total. The Morgan fingerprint density at radius 2 is 1.94 bits per heavy atom. The first-order chi connectivity index (χ1) is 8.37. The predicted molar refractivity (Wildman–Crippen MR) is 67.6 cm³/mol. The molecule has 2 nitrogen and oxygen atoms in total. The molecule has 0 aliphatic carbocycles. The highest BCUT2D eigenvalue weighted by atomic mass is 19.1. The van der Waals surface area contributed by atoms with E-state index in [1.807, 2.05) is 0 Å². The number of halogens is 2. The summed E-state index contributed by atoms with van der Waals surface area (Å²) in [4.78, 5) is 0. The summed E-state index contributed by atoms with van der Waals surface area (Å²) in [7, 11) is 0. The molecule has 0 aliphatic heterocycles. The van der Waals surface area contributed by atoms with Crippen molar-refractivity contribution in [3.8, 4) is 0 Å². The van der Waals surface area contributed by atoms with Crippen molar-refractivity contribution in [1.82, 2.24) is 5.32 Å². The third-order valence-electron chi connectivity index (χ3n) is 2.72. The fraction of sp³-hybridized carbons (Fsp3) is 0.429. The normalized spacial score (nSPS) is 12.3. The van der Waals surface area contributed by atoms with Crippen molar-refractivity contribution in [2.45, 2.75) is 32.7 Å². The number of rotatable bonds is 3. The van der Waals surface area contributed by atoms with Crippen LogP contribution in [0.25, 0.3) is 11.0 Å². The minimum Gasteiger partial charge on any atom is -0.464 e. The first-order valence-corrected chi connectivity index (χ1v) is 5.97. The zero-order valence-electron chi connectivity index (χ0n) is 10.8. The topological polar surface area (TPSA) is 25.2 Å². The van der Waals surface area contributed by atoms with E-state index < -0.39 is 11.6 Å². The van der Waals surface area contributed by atoms with Gasteiger partial charge in [0.05, 0.1) is 11.6 Å². The maximum atomic E-state index is 13.7. The van der Waals surface area contributed by atoms with E-state index in [0.29, 0.717) is 11.8 Å². The molecular weight excluding hydrogens is 236 g/mol. The molecule has 2 aromatic rings. The Balaban J connectivity index is 2.19. The molecule has 1 heterocycles. The van der Waals surface area contributed by atoms with E-state index in [2.05, 4.69) is 26.1 Å². The zero-order valence-corrected chi connectivity index (χ0v) is 10.8. The lowest BCUT2D eigenvalue weighted by Crippen LogP contribution is -2.37. The van der Waals surface area contributed by atoms with Gasteiger partial charge in [0.25, 0.3) is 0 Å². The van der Waals surface area contributed by atoms with E-state index in [-0.39, 0.29) is 11.1 Å². The van der Waals surface area contributed by atoms with Gasteiger partial charge < -0.3 is 9.73 Å². The van der Waals surface area contributed by atoms with Gasteiger partial charge in [-0.05, 0) is 33.7 Å². The molecule has 0 radical (unpaired) electrons. The molecule has 0 spiro atoms. The van der Waals surface area contributed by atoms with Crippen LogP contribution in [0.2, 0.25) is 0 Å². The molecule has 0 amide bonds. The minimum absolute atomic E-state index is 0.0180. The van der Waals surface area contributed by atoms with Gasteiger partial charge in [0, 0.05) is 23.2 Å². The van der Waals surface area contributed by atoms with E-state index in [9.17, 15) is 8.78 Å². The second-order valence-corrected chi connectivity index (χ2v) is 5.45. The summed E-state index contributed by atoms with van der Waals surface area (Å²) in [5.41, 5.74) is 1.04. The lowest BCUT2D eigenvalue weighted by Gasteiger charge is -2.20. The standard InChI is InChI=1S/C14H17F2NO/c1-14(2,3)17-5-4-9-8-18-12-7-10(15)6-11(16)13(9)12/h6-8,17H,4-5H2,1-3H3. The summed E-state index contributed by atoms with van der Waals surface area (Å²) >= 11 is 0. The van der Waals surface area contributed by atoms with E-state index in [1.54, 1.807) is 0 Å². The Kier molecular flexibility index (Phi) is 3.39. The van der Waals surface area contributed by atoms with Crippen LogP contribution in [0, 0.1) is 11.6 Å². The molecule has 1 aromatic heterocycles. The van der Waals surface area contributed by atoms with Gasteiger partial charge in [0.1, 0.15) is 17.2 Å². The van der Waals surface area contributed by atoms with Gasteiger partial charge in [-0.15, -0.1) is 0 Å². The van der Waals surface area contributed by atoms with Gasteiger partial charge in [-0.25, -0.2) is 8.78 Å². The van der Waals surface area contributed by atoms with Crippen LogP contribution in [0.3, 0.4) is 0 Å². The maximum absolute atomic E-state index is 13.7. The lowest BCUT2D eigenvalue weighted by molar-refractivity contribution is 0.429. The fourth-order valence-corrected chi connectivity index (χ4v) is 1.90. The van der Waals surface area contributed by atoms with Crippen LogP contribution in [0.5, 0.6) is 0 Å². The Labute approximate surface area is 105 Å². The van der Waals surface area contributed by atoms with Gasteiger partial charge >= 0.3 is 0 Å². The van der Waals surface area contributed by atoms with Crippen LogP contribution < -0.4 is 5.32 Å². The highest BCUT2D eigenvalue weighted by Gasteiger charge is 2.14. The van der Waals surface area contributed by atoms with E-state index in [0.717, 1.165) is 18.2 Å². The highest BCUT2D eigenvalue weighted by Crippen LogP contribution is 2.25. The van der Waals surface area contributed by atoms with Crippen molar-refractivity contribution in [2.75, 3.05) is 6.54 Å². The van der Waals surface area contributed by atoms with Crippen LogP contribution in [0.1, 0.15) is 26.3 Å². The van der Waals surface area contributed by atoms with Crippen LogP contribution >= 0.6 is 0 Å². The third kappa shape index (κ3) is 2.88. The quantitative estimate of drug-likeness (QED) is 0.903. The summed E-state index contributed by atoms with van der Waals surface area (Å²) in [5, 5.41) is 3.70. The highest BCUT2D eigenvalue weighted by molar-refractivity contribution is 5.81. The molecule has 0 saturated carbocycles. The number of nitrogens with one attached hydrogen (secondary N) is 1. The molecule has 0 aliphatic rings. The van der Waals surface area contributed by atoms with E-state index >= 15 is 0 Å². The average Bonchev–Trinajstić information content (AvgIpc) is 2.59. The molecule has 0 atom stereocenters. The van der Waals surface area contributed by atoms with Crippen LogP contribution in [-0.4, -0.2) is 12.1 Å². The number of fused-ring (bicyclic) bond motifs is 1. The summed E-state index contributed by atoms with van der Waals surface area (Å²) in [6, 6.07) is 2.09. The zero-order chi connectivity index (χ0) is 13.3. The molecule has 0 fully saturated rings. The SMILES string of the molecule is CC(C)(C)NCCc1coc2cc(F)cc(F)c12. The monoisotopic (exact) mass is 253 g/mol. The molecule has 98 valence electrons. The first kappa shape index (κ1) is 13.0. The molecule has 2 rings (SSSR count). The van der Waals surface area contributed by atoms with Gasteiger partial charge in [0.15, 0.2) is 0 Å². The smallest absolute Gasteiger partial charge is 0.140 e. The summed E-state index contributed by atoms with van der Waals surface area (Å²) < 4.78 is 31.9. The average molecular weight is 253 g/mol. The number of hydrogen-bond acceptors (Lipinski definition) is 2. The Morgan fingerprint density at radius 1 is 1.22 bits per heavy atom.